The van der Waals surface area contributed by atoms with Crippen molar-refractivity contribution in [1.29, 1.82) is 0 Å². The van der Waals surface area contributed by atoms with Gasteiger partial charge in [-0.2, -0.15) is 0 Å². The zero-order valence-electron chi connectivity index (χ0n) is 11.7. The topological polar surface area (TPSA) is 88.0 Å². The highest BCUT2D eigenvalue weighted by atomic mass is 16.4. The molecular formula is C15H16N4O2. The van der Waals surface area contributed by atoms with Crippen LogP contribution < -0.4 is 5.32 Å². The highest BCUT2D eigenvalue weighted by Gasteiger charge is 2.22. The molecule has 0 amide bonds. The second-order valence-electron chi connectivity index (χ2n) is 5.09. The maximum atomic E-state index is 11.0. The molecule has 21 heavy (non-hydrogen) atoms. The first-order valence-corrected chi connectivity index (χ1v) is 6.95. The summed E-state index contributed by atoms with van der Waals surface area (Å²) in [6.07, 6.45) is 4.49. The van der Waals surface area contributed by atoms with E-state index in [-0.39, 0.29) is 0 Å². The first kappa shape index (κ1) is 13.5. The maximum Gasteiger partial charge on any atom is 0.325 e. The number of aliphatic carboxylic acids is 1. The minimum atomic E-state index is -0.903. The number of fused-ring (bicyclic) bond motifs is 1. The molecule has 0 radical (unpaired) electrons. The molecule has 2 aromatic rings. The molecule has 6 nitrogen and oxygen atoms in total. The van der Waals surface area contributed by atoms with Crippen molar-refractivity contribution in [3.8, 4) is 11.5 Å². The van der Waals surface area contributed by atoms with Crippen molar-refractivity contribution < 1.29 is 9.90 Å². The molecular weight excluding hydrogens is 268 g/mol. The number of anilines is 1. The second kappa shape index (κ2) is 5.47. The normalized spacial score (nSPS) is 14.5. The van der Waals surface area contributed by atoms with Crippen LogP contribution in [-0.4, -0.2) is 32.1 Å². The van der Waals surface area contributed by atoms with Gasteiger partial charge in [-0.05, 0) is 38.3 Å². The van der Waals surface area contributed by atoms with E-state index in [9.17, 15) is 4.79 Å². The lowest BCUT2D eigenvalue weighted by Gasteiger charge is -2.14. The highest BCUT2D eigenvalue weighted by Crippen LogP contribution is 2.29. The molecule has 3 rings (SSSR count). The Hall–Kier alpha value is -2.50. The molecule has 1 aliphatic rings. The molecule has 0 saturated carbocycles. The maximum absolute atomic E-state index is 11.0. The minimum absolute atomic E-state index is 0.538. The molecule has 0 aromatic carbocycles. The molecule has 0 aliphatic heterocycles. The van der Waals surface area contributed by atoms with Gasteiger partial charge in [0.1, 0.15) is 17.6 Å². The van der Waals surface area contributed by atoms with Gasteiger partial charge in [-0.3, -0.25) is 9.78 Å². The number of rotatable bonds is 4. The van der Waals surface area contributed by atoms with E-state index in [0.29, 0.717) is 17.3 Å². The third-order valence-electron chi connectivity index (χ3n) is 3.55. The Morgan fingerprint density at radius 1 is 1.33 bits per heavy atom. The van der Waals surface area contributed by atoms with Gasteiger partial charge in [0, 0.05) is 17.5 Å². The van der Waals surface area contributed by atoms with Crippen molar-refractivity contribution in [2.45, 2.75) is 32.2 Å². The number of nitrogens with zero attached hydrogens (tertiary/aromatic N) is 3. The highest BCUT2D eigenvalue weighted by molar-refractivity contribution is 5.77. The van der Waals surface area contributed by atoms with Crippen LogP contribution >= 0.6 is 0 Å². The van der Waals surface area contributed by atoms with E-state index in [1.165, 1.54) is 0 Å². The van der Waals surface area contributed by atoms with Gasteiger partial charge in [-0.25, -0.2) is 9.97 Å². The number of aryl methyl sites for hydroxylation is 1. The molecule has 108 valence electrons. The number of hydrogen-bond donors (Lipinski definition) is 2. The average molecular weight is 284 g/mol. The molecule has 2 aromatic heterocycles. The number of pyridine rings is 1. The number of nitrogens with one attached hydrogen (secondary N) is 1. The lowest BCUT2D eigenvalue weighted by Crippen LogP contribution is -2.26. The summed E-state index contributed by atoms with van der Waals surface area (Å²) in [4.78, 5) is 24.4. The average Bonchev–Trinajstić information content (AvgIpc) is 2.96. The van der Waals surface area contributed by atoms with Crippen LogP contribution in [0.25, 0.3) is 11.5 Å². The van der Waals surface area contributed by atoms with Crippen molar-refractivity contribution in [3.63, 3.8) is 0 Å². The predicted octanol–water partition coefficient (Wildman–Crippen LogP) is 1.91. The fourth-order valence-electron chi connectivity index (χ4n) is 2.43. The summed E-state index contributed by atoms with van der Waals surface area (Å²) in [7, 11) is 0. The Labute approximate surface area is 122 Å². The minimum Gasteiger partial charge on any atom is -0.480 e. The lowest BCUT2D eigenvalue weighted by atomic mass is 10.2. The van der Waals surface area contributed by atoms with E-state index < -0.39 is 12.0 Å². The van der Waals surface area contributed by atoms with Crippen molar-refractivity contribution >= 4 is 11.8 Å². The van der Waals surface area contributed by atoms with Crippen LogP contribution in [-0.2, 0) is 17.6 Å². The van der Waals surface area contributed by atoms with E-state index in [1.807, 2.05) is 18.2 Å². The van der Waals surface area contributed by atoms with Gasteiger partial charge in [0.25, 0.3) is 0 Å². The van der Waals surface area contributed by atoms with Crippen molar-refractivity contribution in [3.05, 3.63) is 35.7 Å². The first-order chi connectivity index (χ1) is 10.1. The van der Waals surface area contributed by atoms with Gasteiger partial charge in [0.15, 0.2) is 5.82 Å². The van der Waals surface area contributed by atoms with Crippen LogP contribution in [0.5, 0.6) is 0 Å². The first-order valence-electron chi connectivity index (χ1n) is 6.95. The van der Waals surface area contributed by atoms with Crippen LogP contribution in [0, 0.1) is 0 Å². The Balaban J connectivity index is 2.03. The third-order valence-corrected chi connectivity index (χ3v) is 3.55. The molecule has 1 atom stereocenters. The largest absolute Gasteiger partial charge is 0.480 e. The zero-order chi connectivity index (χ0) is 14.8. The SMILES string of the molecule is CC(Nc1nc(-c2ccccn2)nc2c1CCC2)C(=O)O. The molecule has 1 aliphatic carbocycles. The van der Waals surface area contributed by atoms with Crippen molar-refractivity contribution in [1.82, 2.24) is 15.0 Å². The Kier molecular flexibility index (Phi) is 3.51. The van der Waals surface area contributed by atoms with E-state index in [2.05, 4.69) is 20.3 Å². The number of carbonyl (C=O) groups is 1. The summed E-state index contributed by atoms with van der Waals surface area (Å²) >= 11 is 0. The third kappa shape index (κ3) is 2.69. The monoisotopic (exact) mass is 284 g/mol. The van der Waals surface area contributed by atoms with Crippen LogP contribution in [0.4, 0.5) is 5.82 Å². The van der Waals surface area contributed by atoms with Crippen LogP contribution in [0.15, 0.2) is 24.4 Å². The molecule has 0 fully saturated rings. The second-order valence-corrected chi connectivity index (χ2v) is 5.09. The number of aromatic nitrogens is 3. The van der Waals surface area contributed by atoms with Crippen LogP contribution in [0.1, 0.15) is 24.6 Å². The number of carboxylic acid groups (broad SMARTS) is 1. The van der Waals surface area contributed by atoms with Crippen molar-refractivity contribution in [2.75, 3.05) is 5.32 Å². The van der Waals surface area contributed by atoms with E-state index >= 15 is 0 Å². The summed E-state index contributed by atoms with van der Waals surface area (Å²) in [5.41, 5.74) is 2.71. The van der Waals surface area contributed by atoms with Gasteiger partial charge < -0.3 is 10.4 Å². The van der Waals surface area contributed by atoms with Gasteiger partial charge in [0.2, 0.25) is 0 Å². The molecule has 0 spiro atoms. The smallest absolute Gasteiger partial charge is 0.325 e. The van der Waals surface area contributed by atoms with E-state index in [0.717, 1.165) is 30.5 Å². The summed E-state index contributed by atoms with van der Waals surface area (Å²) in [6.45, 7) is 1.60. The Morgan fingerprint density at radius 2 is 2.19 bits per heavy atom. The fourth-order valence-corrected chi connectivity index (χ4v) is 2.43. The van der Waals surface area contributed by atoms with Crippen molar-refractivity contribution in [2.24, 2.45) is 0 Å². The summed E-state index contributed by atoms with van der Waals surface area (Å²) < 4.78 is 0. The van der Waals surface area contributed by atoms with E-state index in [1.54, 1.807) is 13.1 Å². The molecule has 1 unspecified atom stereocenters. The standard InChI is InChI=1S/C15H16N4O2/c1-9(15(20)21)17-13-10-5-4-7-11(10)18-14(19-13)12-6-2-3-8-16-12/h2-3,6,8-9H,4-5,7H2,1H3,(H,20,21)(H,17,18,19). The lowest BCUT2D eigenvalue weighted by molar-refractivity contribution is -0.137. The van der Waals surface area contributed by atoms with E-state index in [4.69, 9.17) is 5.11 Å². The summed E-state index contributed by atoms with van der Waals surface area (Å²) in [6, 6.07) is 4.87. The predicted molar refractivity (Wildman–Crippen MR) is 78.0 cm³/mol. The fraction of sp³-hybridized carbons (Fsp3) is 0.333. The molecule has 6 heteroatoms. The van der Waals surface area contributed by atoms with Crippen LogP contribution in [0.3, 0.4) is 0 Å². The molecule has 0 saturated heterocycles. The Bertz CT molecular complexity index is 673. The molecule has 2 N–H and O–H groups in total. The molecule has 0 bridgehead atoms. The number of carboxylic acids is 1. The zero-order valence-corrected chi connectivity index (χ0v) is 11.7. The summed E-state index contributed by atoms with van der Waals surface area (Å²) in [5.74, 6) is 0.254. The Morgan fingerprint density at radius 3 is 2.90 bits per heavy atom. The van der Waals surface area contributed by atoms with Gasteiger partial charge >= 0.3 is 5.97 Å². The summed E-state index contributed by atoms with van der Waals surface area (Å²) in [5, 5.41) is 12.0. The van der Waals surface area contributed by atoms with Gasteiger partial charge in [0.05, 0.1) is 0 Å². The van der Waals surface area contributed by atoms with Crippen LogP contribution in [0.2, 0.25) is 0 Å². The van der Waals surface area contributed by atoms with Gasteiger partial charge in [-0.1, -0.05) is 6.07 Å². The quantitative estimate of drug-likeness (QED) is 0.891. The van der Waals surface area contributed by atoms with Gasteiger partial charge in [-0.15, -0.1) is 0 Å². The molecule has 2 heterocycles. The number of hydrogen-bond acceptors (Lipinski definition) is 5.